The van der Waals surface area contributed by atoms with Gasteiger partial charge in [-0.15, -0.1) is 0 Å². The first-order chi connectivity index (χ1) is 9.43. The smallest absolute Gasteiger partial charge is 0.249 e. The maximum atomic E-state index is 11.9. The van der Waals surface area contributed by atoms with E-state index in [0.29, 0.717) is 16.5 Å². The monoisotopic (exact) mass is 338 g/mol. The van der Waals surface area contributed by atoms with E-state index >= 15 is 0 Å². The van der Waals surface area contributed by atoms with Crippen molar-refractivity contribution in [2.45, 2.75) is 26.3 Å². The van der Waals surface area contributed by atoms with Crippen LogP contribution in [0.5, 0.6) is 0 Å². The van der Waals surface area contributed by atoms with Gasteiger partial charge in [0.15, 0.2) is 5.78 Å². The molecule has 1 atom stereocenters. The SMILES string of the molecule is CCC1C(=O)NC(=O)CN1c1ccc(C(C)=O)cc1Br. The molecule has 1 aliphatic rings. The second-order valence-electron chi connectivity index (χ2n) is 4.69. The van der Waals surface area contributed by atoms with E-state index in [-0.39, 0.29) is 30.2 Å². The fourth-order valence-electron chi connectivity index (χ4n) is 2.28. The Morgan fingerprint density at radius 1 is 1.45 bits per heavy atom. The van der Waals surface area contributed by atoms with E-state index in [9.17, 15) is 14.4 Å². The lowest BCUT2D eigenvalue weighted by Crippen LogP contribution is -2.58. The highest BCUT2D eigenvalue weighted by Gasteiger charge is 2.33. The van der Waals surface area contributed by atoms with Crippen LogP contribution in [0, 0.1) is 0 Å². The third-order valence-corrected chi connectivity index (χ3v) is 3.94. The van der Waals surface area contributed by atoms with Crippen LogP contribution >= 0.6 is 15.9 Å². The predicted octanol–water partition coefficient (Wildman–Crippen LogP) is 1.89. The molecule has 0 saturated carbocycles. The Bertz CT molecular complexity index is 586. The molecule has 20 heavy (non-hydrogen) atoms. The first-order valence-electron chi connectivity index (χ1n) is 6.35. The Labute approximate surface area is 125 Å². The summed E-state index contributed by atoms with van der Waals surface area (Å²) in [5.74, 6) is -0.634. The molecule has 2 rings (SSSR count). The van der Waals surface area contributed by atoms with Gasteiger partial charge in [-0.1, -0.05) is 6.92 Å². The molecular weight excluding hydrogens is 324 g/mol. The largest absolute Gasteiger partial charge is 0.349 e. The van der Waals surface area contributed by atoms with E-state index in [4.69, 9.17) is 0 Å². The molecule has 1 aliphatic heterocycles. The van der Waals surface area contributed by atoms with Crippen molar-refractivity contribution in [2.75, 3.05) is 11.4 Å². The van der Waals surface area contributed by atoms with Crippen LogP contribution in [0.1, 0.15) is 30.6 Å². The van der Waals surface area contributed by atoms with Gasteiger partial charge >= 0.3 is 0 Å². The number of rotatable bonds is 3. The van der Waals surface area contributed by atoms with Gasteiger partial charge in [0.05, 0.1) is 12.2 Å². The molecule has 1 fully saturated rings. The number of anilines is 1. The summed E-state index contributed by atoms with van der Waals surface area (Å²) in [6.45, 7) is 3.52. The highest BCUT2D eigenvalue weighted by atomic mass is 79.9. The zero-order chi connectivity index (χ0) is 14.9. The topological polar surface area (TPSA) is 66.5 Å². The maximum absolute atomic E-state index is 11.9. The number of amides is 2. The van der Waals surface area contributed by atoms with Crippen molar-refractivity contribution in [1.82, 2.24) is 5.32 Å². The third kappa shape index (κ3) is 2.75. The van der Waals surface area contributed by atoms with Gasteiger partial charge in [-0.05, 0) is 47.5 Å². The molecule has 1 aromatic rings. The van der Waals surface area contributed by atoms with Gasteiger partial charge in [0.2, 0.25) is 11.8 Å². The summed E-state index contributed by atoms with van der Waals surface area (Å²) >= 11 is 3.41. The minimum absolute atomic E-state index is 0.0308. The van der Waals surface area contributed by atoms with Crippen LogP contribution in [-0.4, -0.2) is 30.2 Å². The number of nitrogens with one attached hydrogen (secondary N) is 1. The second-order valence-corrected chi connectivity index (χ2v) is 5.54. The van der Waals surface area contributed by atoms with E-state index in [1.165, 1.54) is 6.92 Å². The molecule has 0 spiro atoms. The molecule has 1 aromatic carbocycles. The van der Waals surface area contributed by atoms with E-state index in [0.717, 1.165) is 5.69 Å². The number of nitrogens with zero attached hydrogens (tertiary/aromatic N) is 1. The fourth-order valence-corrected chi connectivity index (χ4v) is 2.89. The van der Waals surface area contributed by atoms with Crippen molar-refractivity contribution in [3.05, 3.63) is 28.2 Å². The summed E-state index contributed by atoms with van der Waals surface area (Å²) < 4.78 is 0.700. The molecule has 1 heterocycles. The first-order valence-corrected chi connectivity index (χ1v) is 7.14. The van der Waals surface area contributed by atoms with Crippen molar-refractivity contribution < 1.29 is 14.4 Å². The van der Waals surface area contributed by atoms with Crippen molar-refractivity contribution in [3.8, 4) is 0 Å². The Kier molecular flexibility index (Phi) is 4.23. The van der Waals surface area contributed by atoms with Gasteiger partial charge in [-0.2, -0.15) is 0 Å². The van der Waals surface area contributed by atoms with Gasteiger partial charge in [0.1, 0.15) is 6.04 Å². The summed E-state index contributed by atoms with van der Waals surface area (Å²) in [6, 6.07) is 4.79. The fraction of sp³-hybridized carbons (Fsp3) is 0.357. The van der Waals surface area contributed by atoms with Crippen LogP contribution in [-0.2, 0) is 9.59 Å². The molecule has 6 heteroatoms. The summed E-state index contributed by atoms with van der Waals surface area (Å²) in [5, 5.41) is 2.34. The zero-order valence-electron chi connectivity index (χ0n) is 11.3. The number of benzene rings is 1. The quantitative estimate of drug-likeness (QED) is 0.675. The van der Waals surface area contributed by atoms with Gasteiger partial charge < -0.3 is 4.90 Å². The standard InChI is InChI=1S/C14H15BrN2O3/c1-3-11-14(20)16-13(19)7-17(11)12-5-4-9(8(2)18)6-10(12)15/h4-6,11H,3,7H2,1-2H3,(H,16,19,20). The number of carbonyl (C=O) groups excluding carboxylic acids is 3. The number of imide groups is 1. The molecule has 0 aromatic heterocycles. The number of ketones is 1. The lowest BCUT2D eigenvalue weighted by Gasteiger charge is -2.35. The van der Waals surface area contributed by atoms with E-state index in [1.54, 1.807) is 23.1 Å². The van der Waals surface area contributed by atoms with Gasteiger partial charge in [-0.3, -0.25) is 19.7 Å². The number of Topliss-reactive ketones (excluding diaryl/α,β-unsaturated/α-hetero) is 1. The molecule has 1 saturated heterocycles. The van der Waals surface area contributed by atoms with Crippen molar-refractivity contribution >= 4 is 39.2 Å². The molecule has 0 radical (unpaired) electrons. The average Bonchev–Trinajstić information content (AvgIpc) is 2.37. The highest BCUT2D eigenvalue weighted by molar-refractivity contribution is 9.10. The number of carbonyl (C=O) groups is 3. The van der Waals surface area contributed by atoms with Crippen LogP contribution in [0.2, 0.25) is 0 Å². The molecule has 0 bridgehead atoms. The number of hydrogen-bond acceptors (Lipinski definition) is 4. The van der Waals surface area contributed by atoms with E-state index in [1.807, 2.05) is 6.92 Å². The van der Waals surface area contributed by atoms with Gasteiger partial charge in [-0.25, -0.2) is 0 Å². The summed E-state index contributed by atoms with van der Waals surface area (Å²) in [5.41, 5.74) is 1.33. The number of hydrogen-bond donors (Lipinski definition) is 1. The van der Waals surface area contributed by atoms with Crippen LogP contribution in [0.3, 0.4) is 0 Å². The Hall–Kier alpha value is -1.69. The second kappa shape index (κ2) is 5.75. The third-order valence-electron chi connectivity index (χ3n) is 3.31. The van der Waals surface area contributed by atoms with Crippen LogP contribution < -0.4 is 10.2 Å². The first kappa shape index (κ1) is 14.7. The summed E-state index contributed by atoms with van der Waals surface area (Å²) in [7, 11) is 0. The highest BCUT2D eigenvalue weighted by Crippen LogP contribution is 2.30. The Morgan fingerprint density at radius 2 is 2.15 bits per heavy atom. The molecule has 2 amide bonds. The Balaban J connectivity index is 2.40. The lowest BCUT2D eigenvalue weighted by atomic mass is 10.1. The van der Waals surface area contributed by atoms with Crippen LogP contribution in [0.25, 0.3) is 0 Å². The molecule has 0 aliphatic carbocycles. The van der Waals surface area contributed by atoms with Crippen molar-refractivity contribution in [3.63, 3.8) is 0 Å². The minimum Gasteiger partial charge on any atom is -0.349 e. The van der Waals surface area contributed by atoms with Gasteiger partial charge in [0.25, 0.3) is 0 Å². The van der Waals surface area contributed by atoms with Crippen LogP contribution in [0.15, 0.2) is 22.7 Å². The van der Waals surface area contributed by atoms with Crippen LogP contribution in [0.4, 0.5) is 5.69 Å². The Morgan fingerprint density at radius 3 is 2.70 bits per heavy atom. The summed E-state index contributed by atoms with van der Waals surface area (Å²) in [4.78, 5) is 36.5. The number of halogens is 1. The molecule has 5 nitrogen and oxygen atoms in total. The van der Waals surface area contributed by atoms with Gasteiger partial charge in [0, 0.05) is 10.0 Å². The van der Waals surface area contributed by atoms with Crippen molar-refractivity contribution in [2.24, 2.45) is 0 Å². The molecule has 1 unspecified atom stereocenters. The summed E-state index contributed by atoms with van der Waals surface area (Å²) in [6.07, 6.45) is 0.597. The average molecular weight is 339 g/mol. The zero-order valence-corrected chi connectivity index (χ0v) is 12.9. The normalized spacial score (nSPS) is 18.9. The number of piperazine rings is 1. The van der Waals surface area contributed by atoms with Crippen molar-refractivity contribution in [1.29, 1.82) is 0 Å². The minimum atomic E-state index is -0.382. The molecule has 1 N–H and O–H groups in total. The molecular formula is C14H15BrN2O3. The predicted molar refractivity (Wildman–Crippen MR) is 78.7 cm³/mol. The maximum Gasteiger partial charge on any atom is 0.249 e. The molecule has 106 valence electrons. The van der Waals surface area contributed by atoms with E-state index < -0.39 is 0 Å². The van der Waals surface area contributed by atoms with E-state index in [2.05, 4.69) is 21.2 Å². The lowest BCUT2D eigenvalue weighted by molar-refractivity contribution is -0.132.